The molecule has 0 atom stereocenters. The fraction of sp³-hybridized carbons (Fsp3) is 0.385. The second kappa shape index (κ2) is 13.5. The Labute approximate surface area is 217 Å². The summed E-state index contributed by atoms with van der Waals surface area (Å²) in [6.45, 7) is 3.08. The van der Waals surface area contributed by atoms with Gasteiger partial charge in [-0.05, 0) is 35.4 Å². The predicted molar refractivity (Wildman–Crippen MR) is 145 cm³/mol. The number of nitrogens with zero attached hydrogens (tertiary/aromatic N) is 4. The van der Waals surface area contributed by atoms with Gasteiger partial charge in [0.25, 0.3) is 5.91 Å². The van der Waals surface area contributed by atoms with Crippen molar-refractivity contribution < 1.29 is 9.63 Å². The van der Waals surface area contributed by atoms with Crippen LogP contribution in [0.3, 0.4) is 0 Å². The van der Waals surface area contributed by atoms with Gasteiger partial charge in [0.2, 0.25) is 0 Å². The number of alkyl halides is 2. The molecule has 7 nitrogen and oxygen atoms in total. The highest BCUT2D eigenvalue weighted by atomic mass is 35.5. The molecule has 1 aromatic heterocycles. The minimum Gasteiger partial charge on any atom is -0.369 e. The molecule has 0 aliphatic heterocycles. The van der Waals surface area contributed by atoms with E-state index >= 15 is 0 Å². The average Bonchev–Trinajstić information content (AvgIpc) is 3.19. The molecule has 0 saturated heterocycles. The van der Waals surface area contributed by atoms with Crippen molar-refractivity contribution in [2.24, 2.45) is 7.05 Å². The number of aryl methyl sites for hydroxylation is 1. The summed E-state index contributed by atoms with van der Waals surface area (Å²) in [5.41, 5.74) is 5.32. The molecule has 1 amide bonds. The van der Waals surface area contributed by atoms with Crippen molar-refractivity contribution in [1.29, 1.82) is 0 Å². The Morgan fingerprint density at radius 2 is 1.86 bits per heavy atom. The molecule has 0 aliphatic carbocycles. The molecule has 35 heavy (non-hydrogen) atoms. The lowest BCUT2D eigenvalue weighted by Crippen LogP contribution is -2.27. The Kier molecular flexibility index (Phi) is 10.4. The SMILES string of the molecule is CON(C)C(=O)/C=C/c1ccc(CNCCc2nc3cc(N(CCCl)CCCl)ccc3n2C)cc1. The maximum Gasteiger partial charge on any atom is 0.269 e. The van der Waals surface area contributed by atoms with E-state index in [1.807, 2.05) is 12.1 Å². The highest BCUT2D eigenvalue weighted by Gasteiger charge is 2.11. The van der Waals surface area contributed by atoms with Crippen LogP contribution < -0.4 is 10.2 Å². The molecule has 2 aromatic carbocycles. The number of hydrogen-bond acceptors (Lipinski definition) is 5. The molecule has 3 aromatic rings. The van der Waals surface area contributed by atoms with Gasteiger partial charge in [-0.3, -0.25) is 9.63 Å². The minimum atomic E-state index is -0.209. The van der Waals surface area contributed by atoms with Crippen molar-refractivity contribution in [2.75, 3.05) is 50.5 Å². The molecule has 0 fully saturated rings. The van der Waals surface area contributed by atoms with Gasteiger partial charge in [-0.2, -0.15) is 0 Å². The third kappa shape index (κ3) is 7.45. The molecular formula is C26H33Cl2N5O2. The van der Waals surface area contributed by atoms with Crippen LogP contribution in [0.1, 0.15) is 17.0 Å². The van der Waals surface area contributed by atoms with Crippen molar-refractivity contribution in [3.63, 3.8) is 0 Å². The van der Waals surface area contributed by atoms with Crippen LogP contribution in [0, 0.1) is 0 Å². The molecule has 188 valence electrons. The van der Waals surface area contributed by atoms with Gasteiger partial charge in [-0.1, -0.05) is 24.3 Å². The van der Waals surface area contributed by atoms with Crippen LogP contribution in [0.5, 0.6) is 0 Å². The van der Waals surface area contributed by atoms with E-state index < -0.39 is 0 Å². The van der Waals surface area contributed by atoms with Crippen molar-refractivity contribution in [1.82, 2.24) is 19.9 Å². The first-order valence-electron chi connectivity index (χ1n) is 11.6. The molecule has 0 saturated carbocycles. The quantitative estimate of drug-likeness (QED) is 0.159. The number of likely N-dealkylation sites (N-methyl/N-ethyl adjacent to an activating group) is 1. The van der Waals surface area contributed by atoms with Crippen molar-refractivity contribution >= 4 is 51.9 Å². The molecule has 3 rings (SSSR count). The zero-order valence-corrected chi connectivity index (χ0v) is 22.0. The summed E-state index contributed by atoms with van der Waals surface area (Å²) in [5, 5.41) is 4.67. The lowest BCUT2D eigenvalue weighted by molar-refractivity contribution is -0.162. The zero-order chi connectivity index (χ0) is 25.2. The first kappa shape index (κ1) is 27.0. The second-order valence-corrected chi connectivity index (χ2v) is 8.90. The van der Waals surface area contributed by atoms with Crippen LogP contribution in [-0.2, 0) is 29.6 Å². The maximum absolute atomic E-state index is 11.8. The molecule has 0 radical (unpaired) electrons. The molecule has 0 spiro atoms. The molecule has 1 N–H and O–H groups in total. The van der Waals surface area contributed by atoms with Gasteiger partial charge in [0, 0.05) is 70.2 Å². The Morgan fingerprint density at radius 3 is 2.51 bits per heavy atom. The van der Waals surface area contributed by atoms with Crippen LogP contribution in [0.25, 0.3) is 17.1 Å². The zero-order valence-electron chi connectivity index (χ0n) is 20.5. The lowest BCUT2D eigenvalue weighted by Gasteiger charge is -2.22. The van der Waals surface area contributed by atoms with Gasteiger partial charge in [0.15, 0.2) is 0 Å². The van der Waals surface area contributed by atoms with Gasteiger partial charge in [0.05, 0.1) is 18.1 Å². The van der Waals surface area contributed by atoms with Gasteiger partial charge in [-0.25, -0.2) is 10.0 Å². The van der Waals surface area contributed by atoms with Crippen LogP contribution >= 0.6 is 23.2 Å². The monoisotopic (exact) mass is 517 g/mol. The van der Waals surface area contributed by atoms with E-state index in [1.54, 1.807) is 13.1 Å². The number of imidazole rings is 1. The number of nitrogens with one attached hydrogen (secondary N) is 1. The number of amides is 1. The van der Waals surface area contributed by atoms with Crippen LogP contribution in [0.2, 0.25) is 0 Å². The van der Waals surface area contributed by atoms with Crippen LogP contribution in [0.15, 0.2) is 48.5 Å². The summed E-state index contributed by atoms with van der Waals surface area (Å²) >= 11 is 11.9. The van der Waals surface area contributed by atoms with E-state index in [0.29, 0.717) is 11.8 Å². The number of anilines is 1. The number of carbonyl (C=O) groups is 1. The molecule has 0 aliphatic rings. The number of hydrogen-bond donors (Lipinski definition) is 1. The number of rotatable bonds is 13. The fourth-order valence-electron chi connectivity index (χ4n) is 3.77. The third-order valence-electron chi connectivity index (χ3n) is 5.87. The first-order chi connectivity index (χ1) is 17.0. The summed E-state index contributed by atoms with van der Waals surface area (Å²) in [6.07, 6.45) is 4.09. The van der Waals surface area contributed by atoms with E-state index in [0.717, 1.165) is 60.7 Å². The maximum atomic E-state index is 11.8. The number of fused-ring (bicyclic) bond motifs is 1. The highest BCUT2D eigenvalue weighted by Crippen LogP contribution is 2.23. The predicted octanol–water partition coefficient (Wildman–Crippen LogP) is 4.22. The fourth-order valence-corrected chi connectivity index (χ4v) is 4.18. The second-order valence-electron chi connectivity index (χ2n) is 8.15. The van der Waals surface area contributed by atoms with E-state index in [2.05, 4.69) is 52.2 Å². The van der Waals surface area contributed by atoms with E-state index in [9.17, 15) is 4.79 Å². The Balaban J connectivity index is 1.54. The van der Waals surface area contributed by atoms with Gasteiger partial charge in [-0.15, -0.1) is 23.2 Å². The van der Waals surface area contributed by atoms with Crippen molar-refractivity contribution in [3.8, 4) is 0 Å². The summed E-state index contributed by atoms with van der Waals surface area (Å²) in [7, 11) is 5.09. The average molecular weight is 518 g/mol. The smallest absolute Gasteiger partial charge is 0.269 e. The number of halogens is 2. The van der Waals surface area contributed by atoms with Crippen molar-refractivity contribution in [2.45, 2.75) is 13.0 Å². The molecular weight excluding hydrogens is 485 g/mol. The van der Waals surface area contributed by atoms with E-state index in [4.69, 9.17) is 33.0 Å². The number of hydroxylamine groups is 2. The molecule has 9 heteroatoms. The van der Waals surface area contributed by atoms with Gasteiger partial charge >= 0.3 is 0 Å². The lowest BCUT2D eigenvalue weighted by atomic mass is 10.1. The van der Waals surface area contributed by atoms with Crippen LogP contribution in [-0.4, -0.2) is 66.1 Å². The van der Waals surface area contributed by atoms with Crippen LogP contribution in [0.4, 0.5) is 5.69 Å². The Hall–Kier alpha value is -2.58. The van der Waals surface area contributed by atoms with E-state index in [1.165, 1.54) is 23.8 Å². The summed E-state index contributed by atoms with van der Waals surface area (Å²) < 4.78 is 2.15. The largest absolute Gasteiger partial charge is 0.369 e. The molecule has 0 bridgehead atoms. The number of carbonyl (C=O) groups excluding carboxylic acids is 1. The van der Waals surface area contributed by atoms with E-state index in [-0.39, 0.29) is 5.91 Å². The summed E-state index contributed by atoms with van der Waals surface area (Å²) in [6, 6.07) is 14.4. The standard InChI is InChI=1S/C26H33Cl2N5O2/c1-31-24-10-9-22(33(16-13-27)17-14-28)18-23(24)30-25(31)12-15-29-19-21-6-4-20(5-7-21)8-11-26(34)32(2)35-3/h4-11,18,29H,12-17,19H2,1-3H3/b11-8+. The first-order valence-corrected chi connectivity index (χ1v) is 12.7. The normalized spacial score (nSPS) is 11.5. The van der Waals surface area contributed by atoms with Gasteiger partial charge < -0.3 is 14.8 Å². The highest BCUT2D eigenvalue weighted by molar-refractivity contribution is 6.18. The van der Waals surface area contributed by atoms with Crippen molar-refractivity contribution in [3.05, 3.63) is 65.5 Å². The number of aromatic nitrogens is 2. The molecule has 1 heterocycles. The van der Waals surface area contributed by atoms with Gasteiger partial charge in [0.1, 0.15) is 5.82 Å². The summed E-state index contributed by atoms with van der Waals surface area (Å²) in [4.78, 5) is 23.7. The Bertz CT molecular complexity index is 1120. The molecule has 0 unspecified atom stereocenters. The Morgan fingerprint density at radius 1 is 1.14 bits per heavy atom. The minimum absolute atomic E-state index is 0.209. The topological polar surface area (TPSA) is 62.6 Å². The third-order valence-corrected chi connectivity index (χ3v) is 6.21. The summed E-state index contributed by atoms with van der Waals surface area (Å²) in [5.74, 6) is 1.94. The number of benzene rings is 2.